The normalized spacial score (nSPS) is 36.6. The summed E-state index contributed by atoms with van der Waals surface area (Å²) >= 11 is 0. The summed E-state index contributed by atoms with van der Waals surface area (Å²) in [6.07, 6.45) is 13.4. The number of hydrogen-bond donors (Lipinski definition) is 0. The first-order valence-electron chi connectivity index (χ1n) is 19.1. The molecule has 4 fully saturated rings. The molecular formula is C43H64O4. The summed E-state index contributed by atoms with van der Waals surface area (Å²) in [5, 5.41) is 0. The van der Waals surface area contributed by atoms with Gasteiger partial charge < -0.3 is 18.9 Å². The monoisotopic (exact) mass is 644 g/mol. The molecular weight excluding hydrogens is 580 g/mol. The average molecular weight is 645 g/mol. The topological polar surface area (TPSA) is 36.9 Å². The highest BCUT2D eigenvalue weighted by Crippen LogP contribution is 2.70. The van der Waals surface area contributed by atoms with Crippen LogP contribution in [0.25, 0.3) is 0 Å². The first-order valence-corrected chi connectivity index (χ1v) is 19.1. The van der Waals surface area contributed by atoms with Gasteiger partial charge in [0.2, 0.25) is 0 Å². The number of fused-ring (bicyclic) bond motifs is 5. The van der Waals surface area contributed by atoms with Crippen molar-refractivity contribution in [2.24, 2.45) is 57.7 Å². The van der Waals surface area contributed by atoms with E-state index in [0.29, 0.717) is 18.1 Å². The van der Waals surface area contributed by atoms with Crippen LogP contribution in [0.2, 0.25) is 0 Å². The second-order valence-corrected chi connectivity index (χ2v) is 17.5. The highest BCUT2D eigenvalue weighted by molar-refractivity contribution is 5.21. The van der Waals surface area contributed by atoms with Crippen LogP contribution in [0.3, 0.4) is 0 Å². The van der Waals surface area contributed by atoms with Gasteiger partial charge in [-0.25, -0.2) is 0 Å². The summed E-state index contributed by atoms with van der Waals surface area (Å²) in [7, 11) is 0. The van der Waals surface area contributed by atoms with Crippen LogP contribution in [-0.2, 0) is 9.47 Å². The standard InChI is InChI=1S/C43H64O4/c1-30(2)15-14-16-31(3)35-21-22-36-34-27-38(46-28-44-32-17-10-8-11-18-32)40-41(4,5)39(47-29-45-33-19-12-9-13-20-33)24-26-43(40,7)37(34)23-25-42(35,36)6/h8-13,17-20,30-31,34-40H,14-16,21-29H2,1-7H3. The number of rotatable bonds is 13. The predicted molar refractivity (Wildman–Crippen MR) is 191 cm³/mol. The number of benzene rings is 2. The minimum atomic E-state index is -0.0562. The fourth-order valence-electron chi connectivity index (χ4n) is 12.1. The summed E-state index contributed by atoms with van der Waals surface area (Å²) < 4.78 is 25.8. The van der Waals surface area contributed by atoms with Crippen molar-refractivity contribution < 1.29 is 18.9 Å². The molecule has 47 heavy (non-hydrogen) atoms. The van der Waals surface area contributed by atoms with Gasteiger partial charge in [-0.2, -0.15) is 0 Å². The Hall–Kier alpha value is -2.04. The lowest BCUT2D eigenvalue weighted by Crippen LogP contribution is -2.64. The van der Waals surface area contributed by atoms with Crippen molar-refractivity contribution in [3.8, 4) is 11.5 Å². The van der Waals surface area contributed by atoms with Crippen molar-refractivity contribution >= 4 is 0 Å². The first-order chi connectivity index (χ1) is 22.5. The van der Waals surface area contributed by atoms with E-state index < -0.39 is 0 Å². The largest absolute Gasteiger partial charge is 0.468 e. The van der Waals surface area contributed by atoms with Crippen LogP contribution in [0, 0.1) is 57.7 Å². The Morgan fingerprint density at radius 2 is 1.28 bits per heavy atom. The van der Waals surface area contributed by atoms with E-state index in [1.807, 2.05) is 60.7 Å². The lowest BCUT2D eigenvalue weighted by molar-refractivity contribution is -0.250. The maximum atomic E-state index is 6.95. The van der Waals surface area contributed by atoms with E-state index in [0.717, 1.165) is 59.8 Å². The maximum absolute atomic E-state index is 6.95. The van der Waals surface area contributed by atoms with Crippen molar-refractivity contribution in [3.05, 3.63) is 60.7 Å². The molecule has 0 spiro atoms. The van der Waals surface area contributed by atoms with Gasteiger partial charge in [0, 0.05) is 0 Å². The summed E-state index contributed by atoms with van der Waals surface area (Å²) in [4.78, 5) is 0. The van der Waals surface area contributed by atoms with E-state index >= 15 is 0 Å². The molecule has 4 aliphatic rings. The minimum absolute atomic E-state index is 0.0562. The third kappa shape index (κ3) is 7.03. The van der Waals surface area contributed by atoms with Gasteiger partial charge in [-0.1, -0.05) is 104 Å². The lowest BCUT2D eigenvalue weighted by Gasteiger charge is -2.66. The molecule has 4 nitrogen and oxygen atoms in total. The number of para-hydroxylation sites is 2. The van der Waals surface area contributed by atoms with Crippen molar-refractivity contribution in [2.45, 2.75) is 125 Å². The van der Waals surface area contributed by atoms with Crippen LogP contribution in [0.4, 0.5) is 0 Å². The number of hydrogen-bond acceptors (Lipinski definition) is 4. The number of ether oxygens (including phenoxy) is 4. The van der Waals surface area contributed by atoms with Gasteiger partial charge in [-0.3, -0.25) is 0 Å². The quantitative estimate of drug-likeness (QED) is 0.203. The molecule has 10 atom stereocenters. The van der Waals surface area contributed by atoms with Gasteiger partial charge >= 0.3 is 0 Å². The molecule has 0 amide bonds. The van der Waals surface area contributed by atoms with E-state index in [4.69, 9.17) is 18.9 Å². The van der Waals surface area contributed by atoms with Crippen LogP contribution in [0.5, 0.6) is 11.5 Å². The third-order valence-electron chi connectivity index (χ3n) is 14.1. The van der Waals surface area contributed by atoms with E-state index in [-0.39, 0.29) is 29.8 Å². The predicted octanol–water partition coefficient (Wildman–Crippen LogP) is 11.2. The molecule has 0 aliphatic heterocycles. The van der Waals surface area contributed by atoms with Gasteiger partial charge in [-0.15, -0.1) is 0 Å². The highest BCUT2D eigenvalue weighted by atomic mass is 16.7. The minimum Gasteiger partial charge on any atom is -0.468 e. The molecule has 0 saturated heterocycles. The Morgan fingerprint density at radius 3 is 1.91 bits per heavy atom. The molecule has 6 rings (SSSR count). The molecule has 260 valence electrons. The van der Waals surface area contributed by atoms with Crippen LogP contribution in [0.1, 0.15) is 113 Å². The van der Waals surface area contributed by atoms with Gasteiger partial charge in [0.1, 0.15) is 11.5 Å². The van der Waals surface area contributed by atoms with Gasteiger partial charge in [0.15, 0.2) is 13.6 Å². The Balaban J connectivity index is 1.22. The SMILES string of the molecule is CC(C)CCCC(C)C1CCC2C3CC(OCOc4ccccc4)C4C(C)(C)C(OCOc5ccccc5)CCC4(C)C3CCC12C. The molecule has 0 bridgehead atoms. The fraction of sp³-hybridized carbons (Fsp3) is 0.721. The van der Waals surface area contributed by atoms with Crippen molar-refractivity contribution in [2.75, 3.05) is 13.6 Å². The molecule has 0 aromatic heterocycles. The van der Waals surface area contributed by atoms with Gasteiger partial charge in [0.25, 0.3) is 0 Å². The van der Waals surface area contributed by atoms with Crippen LogP contribution < -0.4 is 9.47 Å². The maximum Gasteiger partial charge on any atom is 0.189 e. The average Bonchev–Trinajstić information content (AvgIpc) is 3.40. The zero-order valence-electron chi connectivity index (χ0n) is 30.6. The van der Waals surface area contributed by atoms with E-state index in [2.05, 4.69) is 48.5 Å². The molecule has 0 heterocycles. The third-order valence-corrected chi connectivity index (χ3v) is 14.1. The van der Waals surface area contributed by atoms with Crippen molar-refractivity contribution in [3.63, 3.8) is 0 Å². The highest BCUT2D eigenvalue weighted by Gasteiger charge is 2.66. The smallest absolute Gasteiger partial charge is 0.189 e. The first kappa shape index (κ1) is 34.8. The van der Waals surface area contributed by atoms with Crippen molar-refractivity contribution in [1.82, 2.24) is 0 Å². The summed E-state index contributed by atoms with van der Waals surface area (Å²) in [6, 6.07) is 20.2. The van der Waals surface area contributed by atoms with E-state index in [1.165, 1.54) is 51.4 Å². The lowest BCUT2D eigenvalue weighted by atomic mass is 9.40. The summed E-state index contributed by atoms with van der Waals surface area (Å²) in [6.45, 7) is 18.2. The van der Waals surface area contributed by atoms with E-state index in [1.54, 1.807) is 0 Å². The van der Waals surface area contributed by atoms with Crippen LogP contribution in [-0.4, -0.2) is 25.8 Å². The molecule has 0 radical (unpaired) electrons. The zero-order valence-corrected chi connectivity index (χ0v) is 30.6. The van der Waals surface area contributed by atoms with Crippen molar-refractivity contribution in [1.29, 1.82) is 0 Å². The van der Waals surface area contributed by atoms with Gasteiger partial charge in [-0.05, 0) is 127 Å². The van der Waals surface area contributed by atoms with Crippen LogP contribution in [0.15, 0.2) is 60.7 Å². The Morgan fingerprint density at radius 1 is 0.681 bits per heavy atom. The Labute approximate surface area is 286 Å². The summed E-state index contributed by atoms with van der Waals surface area (Å²) in [5.74, 6) is 6.89. The molecule has 2 aromatic carbocycles. The Bertz CT molecular complexity index is 1260. The van der Waals surface area contributed by atoms with Gasteiger partial charge in [0.05, 0.1) is 12.2 Å². The summed E-state index contributed by atoms with van der Waals surface area (Å²) in [5.41, 5.74) is 0.614. The molecule has 4 aliphatic carbocycles. The molecule has 0 N–H and O–H groups in total. The van der Waals surface area contributed by atoms with Crippen LogP contribution >= 0.6 is 0 Å². The molecule has 4 saturated carbocycles. The molecule has 2 aromatic rings. The fourth-order valence-corrected chi connectivity index (χ4v) is 12.1. The second kappa shape index (κ2) is 14.4. The van der Waals surface area contributed by atoms with E-state index in [9.17, 15) is 0 Å². The zero-order chi connectivity index (χ0) is 33.2. The second-order valence-electron chi connectivity index (χ2n) is 17.5. The molecule has 4 heteroatoms. The Kier molecular flexibility index (Phi) is 10.7. The molecule has 10 unspecified atom stereocenters.